The molecule has 4 nitrogen and oxygen atoms in total. The van der Waals surface area contributed by atoms with Gasteiger partial charge in [-0.1, -0.05) is 23.7 Å². The molecule has 128 valence electrons. The molecule has 0 fully saturated rings. The molecule has 0 aliphatic carbocycles. The highest BCUT2D eigenvalue weighted by molar-refractivity contribution is 6.32. The number of aromatic amines is 1. The Kier molecular flexibility index (Phi) is 4.24. The number of benzene rings is 2. The van der Waals surface area contributed by atoms with Gasteiger partial charge in [-0.05, 0) is 55.3 Å². The van der Waals surface area contributed by atoms with E-state index >= 15 is 0 Å². The van der Waals surface area contributed by atoms with Gasteiger partial charge in [-0.25, -0.2) is 0 Å². The zero-order valence-corrected chi connectivity index (χ0v) is 15.0. The first-order chi connectivity index (χ1) is 12.1. The molecular formula is C20H20ClN3O. The summed E-state index contributed by atoms with van der Waals surface area (Å²) in [6.45, 7) is 5.84. The Morgan fingerprint density at radius 3 is 2.60 bits per heavy atom. The lowest BCUT2D eigenvalue weighted by Crippen LogP contribution is -2.05. The molecule has 4 rings (SSSR count). The van der Waals surface area contributed by atoms with Crippen molar-refractivity contribution in [2.45, 2.75) is 33.0 Å². The van der Waals surface area contributed by atoms with Crippen molar-refractivity contribution in [3.8, 4) is 28.3 Å². The van der Waals surface area contributed by atoms with Gasteiger partial charge in [0.15, 0.2) is 0 Å². The van der Waals surface area contributed by atoms with E-state index in [1.165, 1.54) is 11.1 Å². The minimum atomic E-state index is 0.0939. The van der Waals surface area contributed by atoms with Crippen LogP contribution in [0.4, 0.5) is 0 Å². The van der Waals surface area contributed by atoms with Crippen molar-refractivity contribution in [1.82, 2.24) is 15.5 Å². The number of halogens is 1. The van der Waals surface area contributed by atoms with Crippen molar-refractivity contribution in [2.75, 3.05) is 0 Å². The molecule has 2 N–H and O–H groups in total. The number of nitrogens with one attached hydrogen (secondary N) is 2. The van der Waals surface area contributed by atoms with Crippen LogP contribution in [0.5, 0.6) is 5.75 Å². The topological polar surface area (TPSA) is 49.9 Å². The van der Waals surface area contributed by atoms with E-state index in [2.05, 4.69) is 39.8 Å². The van der Waals surface area contributed by atoms with Crippen LogP contribution in [0.2, 0.25) is 5.02 Å². The fraction of sp³-hybridized carbons (Fsp3) is 0.250. The smallest absolute Gasteiger partial charge is 0.138 e. The lowest BCUT2D eigenvalue weighted by molar-refractivity contribution is 0.242. The fourth-order valence-corrected chi connectivity index (χ4v) is 3.31. The minimum Gasteiger partial charge on any atom is -0.489 e. The van der Waals surface area contributed by atoms with Gasteiger partial charge in [0.05, 0.1) is 22.5 Å². The molecule has 0 saturated heterocycles. The molecule has 5 heteroatoms. The number of H-pyrrole nitrogens is 1. The van der Waals surface area contributed by atoms with E-state index in [-0.39, 0.29) is 6.10 Å². The van der Waals surface area contributed by atoms with Crippen LogP contribution in [0.1, 0.15) is 25.0 Å². The van der Waals surface area contributed by atoms with Crippen LogP contribution in [-0.4, -0.2) is 16.3 Å². The number of rotatable bonds is 4. The largest absolute Gasteiger partial charge is 0.489 e. The number of hydrogen-bond acceptors (Lipinski definition) is 3. The first kappa shape index (κ1) is 16.2. The predicted octanol–water partition coefficient (Wildman–Crippen LogP) is 4.79. The van der Waals surface area contributed by atoms with Crippen LogP contribution >= 0.6 is 11.6 Å². The SMILES string of the molecule is CC(C)Oc1ccc(-c2cc(-c3ccc4c(c3)CNC4)n[nH]2)cc1Cl. The van der Waals surface area contributed by atoms with Gasteiger partial charge in [-0.3, -0.25) is 5.10 Å². The standard InChI is InChI=1S/C20H20ClN3O/c1-12(2)25-20-6-5-14(8-17(20)21)19-9-18(23-24-19)13-3-4-15-10-22-11-16(15)7-13/h3-9,12,22H,10-11H2,1-2H3,(H,23,24). The Morgan fingerprint density at radius 2 is 1.80 bits per heavy atom. The van der Waals surface area contributed by atoms with Crippen LogP contribution in [0.25, 0.3) is 22.5 Å². The van der Waals surface area contributed by atoms with Crippen molar-refractivity contribution in [3.63, 3.8) is 0 Å². The molecule has 0 spiro atoms. The summed E-state index contributed by atoms with van der Waals surface area (Å²) < 4.78 is 5.69. The van der Waals surface area contributed by atoms with Crippen LogP contribution < -0.4 is 10.1 Å². The average Bonchev–Trinajstić information content (AvgIpc) is 3.24. The van der Waals surface area contributed by atoms with Gasteiger partial charge in [-0.15, -0.1) is 0 Å². The zero-order chi connectivity index (χ0) is 17.4. The normalized spacial score (nSPS) is 13.3. The van der Waals surface area contributed by atoms with E-state index < -0.39 is 0 Å². The average molecular weight is 354 g/mol. The quantitative estimate of drug-likeness (QED) is 0.709. The molecule has 0 unspecified atom stereocenters. The van der Waals surface area contributed by atoms with Gasteiger partial charge >= 0.3 is 0 Å². The molecule has 2 aromatic carbocycles. The Labute approximate surface area is 152 Å². The summed E-state index contributed by atoms with van der Waals surface area (Å²) in [5.41, 5.74) is 6.70. The summed E-state index contributed by atoms with van der Waals surface area (Å²) in [6, 6.07) is 14.4. The third kappa shape index (κ3) is 3.28. The molecule has 0 saturated carbocycles. The Balaban J connectivity index is 1.62. The second-order valence-electron chi connectivity index (χ2n) is 6.57. The maximum Gasteiger partial charge on any atom is 0.138 e. The molecule has 0 amide bonds. The van der Waals surface area contributed by atoms with E-state index in [9.17, 15) is 0 Å². The van der Waals surface area contributed by atoms with Crippen LogP contribution in [0.15, 0.2) is 42.5 Å². The molecule has 0 radical (unpaired) electrons. The van der Waals surface area contributed by atoms with Crippen molar-refractivity contribution in [3.05, 3.63) is 58.6 Å². The van der Waals surface area contributed by atoms with Crippen molar-refractivity contribution >= 4 is 11.6 Å². The Morgan fingerprint density at radius 1 is 1.00 bits per heavy atom. The van der Waals surface area contributed by atoms with Crippen LogP contribution in [-0.2, 0) is 13.1 Å². The maximum atomic E-state index is 6.34. The van der Waals surface area contributed by atoms with Gasteiger partial charge in [0.1, 0.15) is 5.75 Å². The first-order valence-corrected chi connectivity index (χ1v) is 8.83. The van der Waals surface area contributed by atoms with E-state index in [0.29, 0.717) is 10.8 Å². The second kappa shape index (κ2) is 6.54. The number of ether oxygens (including phenoxy) is 1. The minimum absolute atomic E-state index is 0.0939. The third-order valence-corrected chi connectivity index (χ3v) is 4.61. The van der Waals surface area contributed by atoms with Crippen molar-refractivity contribution in [1.29, 1.82) is 0 Å². The van der Waals surface area contributed by atoms with Gasteiger partial charge in [0, 0.05) is 24.2 Å². The summed E-state index contributed by atoms with van der Waals surface area (Å²) in [7, 11) is 0. The van der Waals surface area contributed by atoms with Crippen LogP contribution in [0, 0.1) is 0 Å². The monoisotopic (exact) mass is 353 g/mol. The maximum absolute atomic E-state index is 6.34. The van der Waals surface area contributed by atoms with Crippen LogP contribution in [0.3, 0.4) is 0 Å². The summed E-state index contributed by atoms with van der Waals surface area (Å²) in [5.74, 6) is 0.700. The predicted molar refractivity (Wildman–Crippen MR) is 101 cm³/mol. The van der Waals surface area contributed by atoms with Gasteiger partial charge in [0.25, 0.3) is 0 Å². The summed E-state index contributed by atoms with van der Waals surface area (Å²) >= 11 is 6.34. The number of nitrogens with zero attached hydrogens (tertiary/aromatic N) is 1. The summed E-state index contributed by atoms with van der Waals surface area (Å²) in [6.07, 6.45) is 0.0939. The molecule has 25 heavy (non-hydrogen) atoms. The van der Waals surface area contributed by atoms with E-state index in [0.717, 1.165) is 35.6 Å². The lowest BCUT2D eigenvalue weighted by atomic mass is 10.0. The molecule has 1 aliphatic rings. The number of fused-ring (bicyclic) bond motifs is 1. The highest BCUT2D eigenvalue weighted by Gasteiger charge is 2.13. The molecule has 1 aromatic heterocycles. The fourth-order valence-electron chi connectivity index (χ4n) is 3.09. The Bertz CT molecular complexity index is 917. The molecule has 2 heterocycles. The molecule has 3 aromatic rings. The molecule has 0 bridgehead atoms. The second-order valence-corrected chi connectivity index (χ2v) is 6.97. The Hall–Kier alpha value is -2.30. The third-order valence-electron chi connectivity index (χ3n) is 4.32. The molecule has 1 aliphatic heterocycles. The zero-order valence-electron chi connectivity index (χ0n) is 14.3. The van der Waals surface area contributed by atoms with E-state index in [4.69, 9.17) is 16.3 Å². The summed E-state index contributed by atoms with van der Waals surface area (Å²) in [4.78, 5) is 0. The van der Waals surface area contributed by atoms with E-state index in [1.807, 2.05) is 32.0 Å². The molecular weight excluding hydrogens is 334 g/mol. The number of hydrogen-bond donors (Lipinski definition) is 2. The lowest BCUT2D eigenvalue weighted by Gasteiger charge is -2.11. The molecule has 0 atom stereocenters. The number of aromatic nitrogens is 2. The van der Waals surface area contributed by atoms with Gasteiger partial charge in [-0.2, -0.15) is 5.10 Å². The van der Waals surface area contributed by atoms with Gasteiger partial charge < -0.3 is 10.1 Å². The highest BCUT2D eigenvalue weighted by Crippen LogP contribution is 2.32. The summed E-state index contributed by atoms with van der Waals surface area (Å²) in [5, 5.41) is 11.5. The van der Waals surface area contributed by atoms with Crippen molar-refractivity contribution in [2.24, 2.45) is 0 Å². The van der Waals surface area contributed by atoms with Crippen molar-refractivity contribution < 1.29 is 4.74 Å². The first-order valence-electron chi connectivity index (χ1n) is 8.45. The van der Waals surface area contributed by atoms with E-state index in [1.54, 1.807) is 0 Å². The highest BCUT2D eigenvalue weighted by atomic mass is 35.5. The van der Waals surface area contributed by atoms with Gasteiger partial charge in [0.2, 0.25) is 0 Å².